The molecule has 0 saturated heterocycles. The van der Waals surface area contributed by atoms with Crippen LogP contribution in [0.3, 0.4) is 0 Å². The molecule has 1 unspecified atom stereocenters. The van der Waals surface area contributed by atoms with E-state index in [4.69, 9.17) is 0 Å². The molecule has 1 fully saturated rings. The van der Waals surface area contributed by atoms with Crippen molar-refractivity contribution >= 4 is 29.0 Å². The Balaban J connectivity index is 1.50. The van der Waals surface area contributed by atoms with E-state index in [1.807, 2.05) is 24.3 Å². The molecule has 35 heavy (non-hydrogen) atoms. The molecule has 2 aromatic carbocycles. The number of ketones is 1. The molecule has 1 aromatic heterocycles. The molecule has 1 saturated carbocycles. The number of aryl methyl sites for hydroxylation is 1. The van der Waals surface area contributed by atoms with Crippen LogP contribution < -0.4 is 5.32 Å². The fourth-order valence-corrected chi connectivity index (χ4v) is 5.92. The molecule has 0 bridgehead atoms. The Labute approximate surface area is 203 Å². The molecule has 2 aliphatic carbocycles. The lowest BCUT2D eigenvalue weighted by atomic mass is 9.87. The van der Waals surface area contributed by atoms with Crippen molar-refractivity contribution < 1.29 is 19.1 Å². The number of benzene rings is 2. The van der Waals surface area contributed by atoms with Gasteiger partial charge >= 0.3 is 0 Å². The topological polar surface area (TPSA) is 82.2 Å². The molecule has 0 radical (unpaired) electrons. The summed E-state index contributed by atoms with van der Waals surface area (Å²) in [5.74, 6) is -0.723. The van der Waals surface area contributed by atoms with E-state index in [2.05, 4.69) is 10.3 Å². The Morgan fingerprint density at radius 2 is 1.91 bits per heavy atom. The third-order valence-electron chi connectivity index (χ3n) is 7.60. The maximum absolute atomic E-state index is 14.0. The van der Waals surface area contributed by atoms with Crippen molar-refractivity contribution in [1.82, 2.24) is 4.98 Å². The second kappa shape index (κ2) is 8.61. The summed E-state index contributed by atoms with van der Waals surface area (Å²) < 4.78 is 14.0. The number of aromatic nitrogens is 1. The smallest absolute Gasteiger partial charge is 0.256 e. The number of aromatic amines is 1. The van der Waals surface area contributed by atoms with Gasteiger partial charge in [0.05, 0.1) is 17.4 Å². The van der Waals surface area contributed by atoms with Crippen molar-refractivity contribution in [3.8, 4) is 11.1 Å². The molecule has 3 aromatic rings. The van der Waals surface area contributed by atoms with E-state index < -0.39 is 6.10 Å². The molecule has 178 valence electrons. The number of carbonyl (C=O) groups is 2. The van der Waals surface area contributed by atoms with E-state index in [0.717, 1.165) is 42.5 Å². The zero-order valence-electron chi connectivity index (χ0n) is 19.4. The highest BCUT2D eigenvalue weighted by atomic mass is 19.1. The highest BCUT2D eigenvalue weighted by Crippen LogP contribution is 2.42. The highest BCUT2D eigenvalue weighted by Gasteiger charge is 2.35. The maximum Gasteiger partial charge on any atom is 0.256 e. The Hall–Kier alpha value is -3.51. The summed E-state index contributed by atoms with van der Waals surface area (Å²) in [6, 6.07) is 11.9. The molecule has 3 aliphatic rings. The maximum atomic E-state index is 14.0. The zero-order chi connectivity index (χ0) is 24.1. The van der Waals surface area contributed by atoms with Gasteiger partial charge in [0.15, 0.2) is 5.78 Å². The van der Waals surface area contributed by atoms with E-state index in [0.29, 0.717) is 52.9 Å². The molecule has 2 atom stereocenters. The molecule has 1 aliphatic heterocycles. The lowest BCUT2D eigenvalue weighted by molar-refractivity contribution is -0.110. The van der Waals surface area contributed by atoms with Crippen LogP contribution in [0.25, 0.3) is 22.8 Å². The van der Waals surface area contributed by atoms with E-state index in [1.54, 1.807) is 12.1 Å². The molecular formula is C29H27FN2O3. The number of H-pyrrole nitrogens is 1. The average molecular weight is 471 g/mol. The monoisotopic (exact) mass is 470 g/mol. The van der Waals surface area contributed by atoms with Crippen LogP contribution in [-0.2, 0) is 17.6 Å². The van der Waals surface area contributed by atoms with Crippen molar-refractivity contribution in [1.29, 1.82) is 0 Å². The number of aliphatic hydroxyl groups excluding tert-OH is 1. The number of carbonyl (C=O) groups excluding carboxylic acids is 2. The van der Waals surface area contributed by atoms with Crippen LogP contribution in [0.4, 0.5) is 10.1 Å². The van der Waals surface area contributed by atoms with Gasteiger partial charge in [-0.25, -0.2) is 4.39 Å². The highest BCUT2D eigenvalue weighted by molar-refractivity contribution is 6.36. The van der Waals surface area contributed by atoms with Crippen LogP contribution in [0.5, 0.6) is 0 Å². The second-order valence-corrected chi connectivity index (χ2v) is 9.86. The predicted molar refractivity (Wildman–Crippen MR) is 133 cm³/mol. The summed E-state index contributed by atoms with van der Waals surface area (Å²) in [4.78, 5) is 30.3. The number of nitrogens with one attached hydrogen (secondary N) is 2. The van der Waals surface area contributed by atoms with E-state index in [1.165, 1.54) is 12.1 Å². The fourth-order valence-electron chi connectivity index (χ4n) is 5.92. The minimum Gasteiger partial charge on any atom is -0.393 e. The normalized spacial score (nSPS) is 22.2. The van der Waals surface area contributed by atoms with Crippen molar-refractivity contribution in [3.05, 3.63) is 76.4 Å². The standard InChI is InChI=1S/C29H27FN2O3/c30-18-6-3-5-16(13-18)20-8-4-10-24-26(20)22(29(35)32-24)15-25-27(21-7-1-2-9-23(21)31-25)28(34)17-11-12-19(33)14-17/h3-6,8,10,13,15,17,19,31,33H,1-2,7,9,11-12,14H2,(H,32,35)/t17?,19-/m1/s1. The van der Waals surface area contributed by atoms with Gasteiger partial charge in [0, 0.05) is 28.4 Å². The summed E-state index contributed by atoms with van der Waals surface area (Å²) in [5, 5.41) is 13.0. The zero-order valence-corrected chi connectivity index (χ0v) is 19.4. The quantitative estimate of drug-likeness (QED) is 0.346. The van der Waals surface area contributed by atoms with Crippen molar-refractivity contribution in [3.63, 3.8) is 0 Å². The largest absolute Gasteiger partial charge is 0.393 e. The van der Waals surface area contributed by atoms with Crippen molar-refractivity contribution in [2.45, 2.75) is 51.0 Å². The van der Waals surface area contributed by atoms with Crippen molar-refractivity contribution in [2.75, 3.05) is 5.32 Å². The number of Topliss-reactive ketones (excluding diaryl/α,β-unsaturated/α-hetero) is 1. The first-order chi connectivity index (χ1) is 17.0. The average Bonchev–Trinajstić information content (AvgIpc) is 3.54. The molecule has 3 N–H and O–H groups in total. The van der Waals surface area contributed by atoms with Gasteiger partial charge in [-0.3, -0.25) is 9.59 Å². The fraction of sp³-hybridized carbons (Fsp3) is 0.310. The first-order valence-electron chi connectivity index (χ1n) is 12.4. The van der Waals surface area contributed by atoms with Crippen LogP contribution in [-0.4, -0.2) is 27.9 Å². The molecular weight excluding hydrogens is 443 g/mol. The molecule has 5 nitrogen and oxygen atoms in total. The number of halogens is 1. The number of amides is 1. The van der Waals surface area contributed by atoms with Crippen LogP contribution >= 0.6 is 0 Å². The number of hydrogen-bond acceptors (Lipinski definition) is 3. The summed E-state index contributed by atoms with van der Waals surface area (Å²) in [6.07, 6.45) is 6.99. The van der Waals surface area contributed by atoms with E-state index in [9.17, 15) is 19.1 Å². The van der Waals surface area contributed by atoms with Gasteiger partial charge in [0.25, 0.3) is 5.91 Å². The van der Waals surface area contributed by atoms with Gasteiger partial charge < -0.3 is 15.4 Å². The Bertz CT molecular complexity index is 1390. The minimum absolute atomic E-state index is 0.0600. The SMILES string of the molecule is O=C1Nc2cccc(-c3cccc(F)c3)c2C1=Cc1[nH]c2c(c1C(=O)C1CC[C@@H](O)C1)CCCC2. The number of aliphatic hydroxyl groups is 1. The van der Waals surface area contributed by atoms with Gasteiger partial charge in [-0.15, -0.1) is 0 Å². The lowest BCUT2D eigenvalue weighted by Crippen LogP contribution is -2.16. The van der Waals surface area contributed by atoms with Gasteiger partial charge in [0.1, 0.15) is 5.82 Å². The van der Waals surface area contributed by atoms with Gasteiger partial charge in [-0.05, 0) is 85.9 Å². The number of rotatable bonds is 4. The Morgan fingerprint density at radius 3 is 2.71 bits per heavy atom. The summed E-state index contributed by atoms with van der Waals surface area (Å²) in [6.45, 7) is 0. The number of fused-ring (bicyclic) bond motifs is 2. The molecule has 0 spiro atoms. The van der Waals surface area contributed by atoms with Crippen LogP contribution in [0, 0.1) is 11.7 Å². The Kier molecular flexibility index (Phi) is 5.41. The molecule has 2 heterocycles. The van der Waals surface area contributed by atoms with Crippen LogP contribution in [0.2, 0.25) is 0 Å². The van der Waals surface area contributed by atoms with E-state index >= 15 is 0 Å². The van der Waals surface area contributed by atoms with Gasteiger partial charge in [-0.2, -0.15) is 0 Å². The number of anilines is 1. The summed E-state index contributed by atoms with van der Waals surface area (Å²) in [7, 11) is 0. The lowest BCUT2D eigenvalue weighted by Gasteiger charge is -2.14. The Morgan fingerprint density at radius 1 is 1.09 bits per heavy atom. The van der Waals surface area contributed by atoms with Gasteiger partial charge in [0.2, 0.25) is 0 Å². The molecule has 6 rings (SSSR count). The first-order valence-corrected chi connectivity index (χ1v) is 12.4. The van der Waals surface area contributed by atoms with E-state index in [-0.39, 0.29) is 23.4 Å². The van der Waals surface area contributed by atoms with Crippen LogP contribution in [0.15, 0.2) is 42.5 Å². The van der Waals surface area contributed by atoms with Gasteiger partial charge in [-0.1, -0.05) is 24.3 Å². The first kappa shape index (κ1) is 22.0. The van der Waals surface area contributed by atoms with Crippen LogP contribution in [0.1, 0.15) is 65.0 Å². The minimum atomic E-state index is -0.429. The second-order valence-electron chi connectivity index (χ2n) is 9.86. The summed E-state index contributed by atoms with van der Waals surface area (Å²) in [5.41, 5.74) is 6.76. The molecule has 1 amide bonds. The summed E-state index contributed by atoms with van der Waals surface area (Å²) >= 11 is 0. The van der Waals surface area contributed by atoms with Crippen molar-refractivity contribution in [2.24, 2.45) is 5.92 Å². The predicted octanol–water partition coefficient (Wildman–Crippen LogP) is 5.54. The molecule has 6 heteroatoms. The third kappa shape index (κ3) is 3.82. The number of hydrogen-bond donors (Lipinski definition) is 3. The third-order valence-corrected chi connectivity index (χ3v) is 7.60.